The Labute approximate surface area is 159 Å². The molecule has 28 heavy (non-hydrogen) atoms. The summed E-state index contributed by atoms with van der Waals surface area (Å²) in [7, 11) is 0. The summed E-state index contributed by atoms with van der Waals surface area (Å²) >= 11 is 0. The number of halogens is 4. The van der Waals surface area contributed by atoms with Crippen molar-refractivity contribution in [3.63, 3.8) is 0 Å². The van der Waals surface area contributed by atoms with E-state index in [2.05, 4.69) is 15.4 Å². The van der Waals surface area contributed by atoms with E-state index in [9.17, 15) is 22.4 Å². The maximum absolute atomic E-state index is 13.0. The summed E-state index contributed by atoms with van der Waals surface area (Å²) in [6.07, 6.45) is -4.35. The smallest absolute Gasteiger partial charge is 0.411 e. The zero-order valence-electron chi connectivity index (χ0n) is 14.9. The zero-order chi connectivity index (χ0) is 20.4. The van der Waals surface area contributed by atoms with Gasteiger partial charge in [0, 0.05) is 12.6 Å². The first-order valence-electron chi connectivity index (χ1n) is 8.44. The molecule has 2 aromatic rings. The van der Waals surface area contributed by atoms with E-state index < -0.39 is 24.6 Å². The molecule has 2 N–H and O–H groups in total. The van der Waals surface area contributed by atoms with Crippen LogP contribution in [0.15, 0.2) is 48.5 Å². The van der Waals surface area contributed by atoms with Gasteiger partial charge in [-0.05, 0) is 23.3 Å². The molecule has 152 valence electrons. The van der Waals surface area contributed by atoms with Gasteiger partial charge >= 0.3 is 12.2 Å². The van der Waals surface area contributed by atoms with Crippen molar-refractivity contribution in [2.24, 2.45) is 0 Å². The number of carbonyl (C=O) groups is 1. The molecule has 2 rings (SSSR count). The van der Waals surface area contributed by atoms with E-state index in [4.69, 9.17) is 4.74 Å². The highest BCUT2D eigenvalue weighted by molar-refractivity contribution is 5.73. The van der Waals surface area contributed by atoms with Crippen LogP contribution in [0.25, 0.3) is 0 Å². The van der Waals surface area contributed by atoms with Gasteiger partial charge in [-0.2, -0.15) is 13.2 Å². The second-order valence-corrected chi connectivity index (χ2v) is 5.84. The molecule has 0 aliphatic rings. The van der Waals surface area contributed by atoms with Crippen LogP contribution in [0.3, 0.4) is 0 Å². The van der Waals surface area contributed by atoms with Crippen LogP contribution >= 0.6 is 0 Å². The average Bonchev–Trinajstić information content (AvgIpc) is 2.64. The fraction of sp³-hybridized carbons (Fsp3) is 0.316. The van der Waals surface area contributed by atoms with Crippen LogP contribution in [0, 0.1) is 5.82 Å². The lowest BCUT2D eigenvalue weighted by Gasteiger charge is -2.10. The number of nitrogens with one attached hydrogen (secondary N) is 2. The third kappa shape index (κ3) is 8.72. The molecule has 5 nitrogen and oxygen atoms in total. The SMILES string of the molecule is O=C(NCCOc1cccc(F)c1)NCc1ccc(COCC(F)(F)F)cc1. The van der Waals surface area contributed by atoms with Gasteiger partial charge in [-0.25, -0.2) is 9.18 Å². The molecule has 0 heterocycles. The highest BCUT2D eigenvalue weighted by atomic mass is 19.4. The monoisotopic (exact) mass is 400 g/mol. The number of benzene rings is 2. The number of carbonyl (C=O) groups excluding carboxylic acids is 1. The summed E-state index contributed by atoms with van der Waals surface area (Å²) in [5.41, 5.74) is 1.39. The third-order valence-electron chi connectivity index (χ3n) is 3.46. The summed E-state index contributed by atoms with van der Waals surface area (Å²) in [5, 5.41) is 5.24. The van der Waals surface area contributed by atoms with Crippen molar-refractivity contribution >= 4 is 6.03 Å². The van der Waals surface area contributed by atoms with Crippen molar-refractivity contribution in [3.05, 3.63) is 65.5 Å². The predicted molar refractivity (Wildman–Crippen MR) is 94.3 cm³/mol. The van der Waals surface area contributed by atoms with Crippen molar-refractivity contribution in [1.29, 1.82) is 0 Å². The highest BCUT2D eigenvalue weighted by Gasteiger charge is 2.27. The molecule has 0 saturated carbocycles. The molecule has 0 saturated heterocycles. The Bertz CT molecular complexity index is 752. The molecule has 2 aromatic carbocycles. The van der Waals surface area contributed by atoms with Gasteiger partial charge in [0.05, 0.1) is 13.2 Å². The molecular formula is C19H20F4N2O3. The standard InChI is InChI=1S/C19H20F4N2O3/c20-16-2-1-3-17(10-16)28-9-8-24-18(26)25-11-14-4-6-15(7-5-14)12-27-13-19(21,22)23/h1-7,10H,8-9,11-13H2,(H2,24,25,26). The van der Waals surface area contributed by atoms with Crippen LogP contribution < -0.4 is 15.4 Å². The second kappa shape index (κ2) is 10.5. The van der Waals surface area contributed by atoms with Gasteiger partial charge in [0.25, 0.3) is 0 Å². The van der Waals surface area contributed by atoms with E-state index in [1.807, 2.05) is 0 Å². The molecule has 0 atom stereocenters. The molecule has 0 fully saturated rings. The molecule has 0 spiro atoms. The number of alkyl halides is 3. The molecule has 0 aliphatic carbocycles. The topological polar surface area (TPSA) is 59.6 Å². The molecule has 0 bridgehead atoms. The van der Waals surface area contributed by atoms with E-state index >= 15 is 0 Å². The van der Waals surface area contributed by atoms with Crippen molar-refractivity contribution in [2.75, 3.05) is 19.8 Å². The van der Waals surface area contributed by atoms with E-state index in [0.717, 1.165) is 5.56 Å². The summed E-state index contributed by atoms with van der Waals surface area (Å²) in [6, 6.07) is 12.0. The lowest BCUT2D eigenvalue weighted by atomic mass is 10.1. The van der Waals surface area contributed by atoms with Crippen LogP contribution in [0.2, 0.25) is 0 Å². The van der Waals surface area contributed by atoms with Crippen LogP contribution in [0.1, 0.15) is 11.1 Å². The lowest BCUT2D eigenvalue weighted by Crippen LogP contribution is -2.37. The van der Waals surface area contributed by atoms with Crippen LogP contribution in [0.4, 0.5) is 22.4 Å². The van der Waals surface area contributed by atoms with Crippen molar-refractivity contribution in [1.82, 2.24) is 10.6 Å². The van der Waals surface area contributed by atoms with Gasteiger partial charge < -0.3 is 20.1 Å². The minimum Gasteiger partial charge on any atom is -0.492 e. The number of rotatable bonds is 9. The van der Waals surface area contributed by atoms with Crippen molar-refractivity contribution in [2.45, 2.75) is 19.3 Å². The summed E-state index contributed by atoms with van der Waals surface area (Å²) in [6.45, 7) is -0.764. The van der Waals surface area contributed by atoms with Crippen LogP contribution in [-0.2, 0) is 17.9 Å². The molecule has 0 radical (unpaired) electrons. The first-order valence-corrected chi connectivity index (χ1v) is 8.44. The quantitative estimate of drug-likeness (QED) is 0.498. The van der Waals surface area contributed by atoms with Crippen LogP contribution in [-0.4, -0.2) is 32.0 Å². The van der Waals surface area contributed by atoms with E-state index in [0.29, 0.717) is 11.3 Å². The number of amides is 2. The Morgan fingerprint density at radius 2 is 1.71 bits per heavy atom. The van der Waals surface area contributed by atoms with Crippen molar-refractivity contribution in [3.8, 4) is 5.75 Å². The largest absolute Gasteiger partial charge is 0.492 e. The number of hydrogen-bond acceptors (Lipinski definition) is 3. The van der Waals surface area contributed by atoms with Gasteiger partial charge in [-0.3, -0.25) is 0 Å². The maximum atomic E-state index is 13.0. The molecule has 0 aliphatic heterocycles. The lowest BCUT2D eigenvalue weighted by molar-refractivity contribution is -0.176. The number of ether oxygens (including phenoxy) is 2. The Hall–Kier alpha value is -2.81. The Morgan fingerprint density at radius 1 is 1.00 bits per heavy atom. The third-order valence-corrected chi connectivity index (χ3v) is 3.46. The van der Waals surface area contributed by atoms with Gasteiger partial charge in [0.1, 0.15) is 24.8 Å². The summed E-state index contributed by atoms with van der Waals surface area (Å²) in [5.74, 6) is -0.0253. The Morgan fingerprint density at radius 3 is 2.39 bits per heavy atom. The molecule has 0 aromatic heterocycles. The van der Waals surface area contributed by atoms with Gasteiger partial charge in [-0.1, -0.05) is 30.3 Å². The molecule has 9 heteroatoms. The van der Waals surface area contributed by atoms with E-state index in [1.165, 1.54) is 18.2 Å². The first-order chi connectivity index (χ1) is 13.3. The molecule has 2 amide bonds. The average molecular weight is 400 g/mol. The predicted octanol–water partition coefficient (Wildman–Crippen LogP) is 3.78. The molecule has 0 unspecified atom stereocenters. The minimum absolute atomic E-state index is 0.140. The second-order valence-electron chi connectivity index (χ2n) is 5.84. The summed E-state index contributed by atoms with van der Waals surface area (Å²) < 4.78 is 58.9. The fourth-order valence-electron chi connectivity index (χ4n) is 2.17. The van der Waals surface area contributed by atoms with Gasteiger partial charge in [-0.15, -0.1) is 0 Å². The van der Waals surface area contributed by atoms with Gasteiger partial charge in [0.15, 0.2) is 0 Å². The van der Waals surface area contributed by atoms with E-state index in [-0.39, 0.29) is 26.3 Å². The molecular weight excluding hydrogens is 380 g/mol. The van der Waals surface area contributed by atoms with Gasteiger partial charge in [0.2, 0.25) is 0 Å². The summed E-state index contributed by atoms with van der Waals surface area (Å²) in [4.78, 5) is 11.7. The van der Waals surface area contributed by atoms with Crippen LogP contribution in [0.5, 0.6) is 5.75 Å². The Balaban J connectivity index is 1.61. The number of urea groups is 1. The highest BCUT2D eigenvalue weighted by Crippen LogP contribution is 2.16. The van der Waals surface area contributed by atoms with Crippen molar-refractivity contribution < 1.29 is 31.8 Å². The first kappa shape index (κ1) is 21.5. The normalized spacial score (nSPS) is 11.1. The fourth-order valence-corrected chi connectivity index (χ4v) is 2.17. The minimum atomic E-state index is -4.35. The maximum Gasteiger partial charge on any atom is 0.411 e. The Kier molecular flexibility index (Phi) is 8.06. The number of hydrogen-bond donors (Lipinski definition) is 2. The van der Waals surface area contributed by atoms with E-state index in [1.54, 1.807) is 30.3 Å². The zero-order valence-corrected chi connectivity index (χ0v) is 14.9.